The summed E-state index contributed by atoms with van der Waals surface area (Å²) in [5.74, 6) is 1.11. The van der Waals surface area contributed by atoms with Crippen LogP contribution in [-0.2, 0) is 0 Å². The smallest absolute Gasteiger partial charge is 0.124 e. The maximum atomic E-state index is 4.47. The Labute approximate surface area is 85.5 Å². The number of hydrogen-bond donors (Lipinski definition) is 2. The van der Waals surface area contributed by atoms with Crippen molar-refractivity contribution in [1.29, 1.82) is 0 Å². The zero-order valence-corrected chi connectivity index (χ0v) is 9.18. The monoisotopic (exact) mass is 277 g/mol. The van der Waals surface area contributed by atoms with E-state index in [2.05, 4.69) is 37.9 Å². The lowest BCUT2D eigenvalue weighted by Crippen LogP contribution is -2.14. The third-order valence-corrected chi connectivity index (χ3v) is 3.28. The molecule has 0 spiro atoms. The predicted octanol–water partition coefficient (Wildman–Crippen LogP) is 1.75. The highest BCUT2D eigenvalue weighted by molar-refractivity contribution is 14.1. The van der Waals surface area contributed by atoms with Crippen LogP contribution < -0.4 is 5.32 Å². The van der Waals surface area contributed by atoms with E-state index in [-0.39, 0.29) is 0 Å². The van der Waals surface area contributed by atoms with Gasteiger partial charge in [0, 0.05) is 0 Å². The quantitative estimate of drug-likeness (QED) is 0.768. The Morgan fingerprint density at radius 1 is 1.58 bits per heavy atom. The third kappa shape index (κ3) is 1.50. The molecule has 1 aliphatic heterocycles. The van der Waals surface area contributed by atoms with Crippen LogP contribution in [0.25, 0.3) is 0 Å². The van der Waals surface area contributed by atoms with Gasteiger partial charge in [-0.05, 0) is 48.9 Å². The number of aromatic nitrogens is 2. The van der Waals surface area contributed by atoms with Crippen LogP contribution in [0.1, 0.15) is 30.4 Å². The highest BCUT2D eigenvalue weighted by atomic mass is 127. The molecule has 0 aliphatic carbocycles. The molecule has 3 nitrogen and oxygen atoms in total. The van der Waals surface area contributed by atoms with Crippen LogP contribution >= 0.6 is 22.6 Å². The normalized spacial score (nSPS) is 23.3. The van der Waals surface area contributed by atoms with E-state index in [9.17, 15) is 0 Å². The van der Waals surface area contributed by atoms with Gasteiger partial charge < -0.3 is 10.3 Å². The highest BCUT2D eigenvalue weighted by Crippen LogP contribution is 2.21. The largest absolute Gasteiger partial charge is 0.336 e. The maximum Gasteiger partial charge on any atom is 0.124 e. The molecule has 0 aromatic carbocycles. The van der Waals surface area contributed by atoms with Crippen molar-refractivity contribution in [3.63, 3.8) is 0 Å². The fraction of sp³-hybridized carbons (Fsp3) is 0.625. The molecule has 0 amide bonds. The zero-order chi connectivity index (χ0) is 8.55. The van der Waals surface area contributed by atoms with Crippen LogP contribution in [0.15, 0.2) is 0 Å². The van der Waals surface area contributed by atoms with Gasteiger partial charge in [0.25, 0.3) is 0 Å². The van der Waals surface area contributed by atoms with E-state index in [1.807, 2.05) is 6.92 Å². The van der Waals surface area contributed by atoms with Crippen molar-refractivity contribution in [1.82, 2.24) is 15.3 Å². The number of H-pyrrole nitrogens is 1. The second-order valence-corrected chi connectivity index (χ2v) is 4.25. The van der Waals surface area contributed by atoms with Crippen LogP contribution in [0.5, 0.6) is 0 Å². The van der Waals surface area contributed by atoms with Crippen LogP contribution in [0.3, 0.4) is 0 Å². The molecule has 1 aliphatic rings. The average Bonchev–Trinajstić information content (AvgIpc) is 2.61. The van der Waals surface area contributed by atoms with Crippen molar-refractivity contribution in [3.8, 4) is 0 Å². The SMILES string of the molecule is Cc1nc([C@@H]2CCCN2)[nH]c1I. The van der Waals surface area contributed by atoms with Crippen molar-refractivity contribution in [2.75, 3.05) is 6.54 Å². The van der Waals surface area contributed by atoms with E-state index in [0.29, 0.717) is 6.04 Å². The van der Waals surface area contributed by atoms with Gasteiger partial charge in [-0.2, -0.15) is 0 Å². The second-order valence-electron chi connectivity index (χ2n) is 3.17. The lowest BCUT2D eigenvalue weighted by Gasteiger charge is -2.04. The van der Waals surface area contributed by atoms with Crippen molar-refractivity contribution in [2.45, 2.75) is 25.8 Å². The summed E-state index contributed by atoms with van der Waals surface area (Å²) in [5, 5.41) is 3.42. The molecule has 1 fully saturated rings. The molecule has 1 aromatic heterocycles. The minimum Gasteiger partial charge on any atom is -0.336 e. The standard InChI is InChI=1S/C8H12IN3/c1-5-7(9)12-8(11-5)6-3-2-4-10-6/h6,10H,2-4H2,1H3,(H,11,12)/t6-/m0/s1. The topological polar surface area (TPSA) is 40.7 Å². The second kappa shape index (κ2) is 3.33. The van der Waals surface area contributed by atoms with Gasteiger partial charge in [-0.3, -0.25) is 0 Å². The molecule has 2 N–H and O–H groups in total. The molecular formula is C8H12IN3. The first-order valence-electron chi connectivity index (χ1n) is 4.23. The first-order valence-corrected chi connectivity index (χ1v) is 5.30. The van der Waals surface area contributed by atoms with E-state index in [1.165, 1.54) is 12.8 Å². The fourth-order valence-electron chi connectivity index (χ4n) is 1.54. The molecule has 0 radical (unpaired) electrons. The van der Waals surface area contributed by atoms with Gasteiger partial charge in [0.2, 0.25) is 0 Å². The van der Waals surface area contributed by atoms with Crippen molar-refractivity contribution >= 4 is 22.6 Å². The summed E-state index contributed by atoms with van der Waals surface area (Å²) >= 11 is 2.29. The Hall–Kier alpha value is -0.100. The van der Waals surface area contributed by atoms with Crippen LogP contribution in [0.2, 0.25) is 0 Å². The molecule has 1 atom stereocenters. The third-order valence-electron chi connectivity index (χ3n) is 2.23. The molecule has 1 saturated heterocycles. The van der Waals surface area contributed by atoms with Gasteiger partial charge in [-0.15, -0.1) is 0 Å². The summed E-state index contributed by atoms with van der Waals surface area (Å²) < 4.78 is 1.16. The fourth-order valence-corrected chi connectivity index (χ4v) is 1.94. The summed E-state index contributed by atoms with van der Waals surface area (Å²) in [7, 11) is 0. The summed E-state index contributed by atoms with van der Waals surface area (Å²) in [6.45, 7) is 3.16. The van der Waals surface area contributed by atoms with Crippen molar-refractivity contribution < 1.29 is 0 Å². The van der Waals surface area contributed by atoms with Gasteiger partial charge in [0.15, 0.2) is 0 Å². The lowest BCUT2D eigenvalue weighted by atomic mass is 10.2. The Morgan fingerprint density at radius 2 is 2.42 bits per heavy atom. The lowest BCUT2D eigenvalue weighted by molar-refractivity contribution is 0.611. The molecule has 4 heteroatoms. The number of rotatable bonds is 1. The molecule has 0 saturated carbocycles. The molecular weight excluding hydrogens is 265 g/mol. The van der Waals surface area contributed by atoms with E-state index >= 15 is 0 Å². The zero-order valence-electron chi connectivity index (χ0n) is 7.02. The Morgan fingerprint density at radius 3 is 2.92 bits per heavy atom. The van der Waals surface area contributed by atoms with Crippen LogP contribution in [0.4, 0.5) is 0 Å². The number of nitrogens with zero attached hydrogens (tertiary/aromatic N) is 1. The van der Waals surface area contributed by atoms with Gasteiger partial charge >= 0.3 is 0 Å². The molecule has 0 unspecified atom stereocenters. The maximum absolute atomic E-state index is 4.47. The van der Waals surface area contributed by atoms with E-state index < -0.39 is 0 Å². The Kier molecular flexibility index (Phi) is 2.36. The predicted molar refractivity (Wildman–Crippen MR) is 56.0 cm³/mol. The number of aryl methyl sites for hydroxylation is 1. The number of hydrogen-bond acceptors (Lipinski definition) is 2. The minimum absolute atomic E-state index is 0.465. The van der Waals surface area contributed by atoms with Gasteiger partial charge in [-0.1, -0.05) is 0 Å². The molecule has 66 valence electrons. The molecule has 12 heavy (non-hydrogen) atoms. The Balaban J connectivity index is 2.21. The minimum atomic E-state index is 0.465. The summed E-state index contributed by atoms with van der Waals surface area (Å²) in [6, 6.07) is 0.465. The summed E-state index contributed by atoms with van der Waals surface area (Å²) in [5.41, 5.74) is 1.11. The average molecular weight is 277 g/mol. The highest BCUT2D eigenvalue weighted by Gasteiger charge is 2.19. The van der Waals surface area contributed by atoms with Crippen LogP contribution in [0, 0.1) is 10.6 Å². The number of aromatic amines is 1. The molecule has 1 aromatic rings. The molecule has 2 heterocycles. The van der Waals surface area contributed by atoms with E-state index in [1.54, 1.807) is 0 Å². The van der Waals surface area contributed by atoms with Gasteiger partial charge in [-0.25, -0.2) is 4.98 Å². The summed E-state index contributed by atoms with van der Waals surface area (Å²) in [6.07, 6.45) is 2.48. The number of halogens is 1. The first-order chi connectivity index (χ1) is 5.77. The van der Waals surface area contributed by atoms with Crippen molar-refractivity contribution in [3.05, 3.63) is 15.2 Å². The summed E-state index contributed by atoms with van der Waals surface area (Å²) in [4.78, 5) is 7.77. The van der Waals surface area contributed by atoms with Crippen LogP contribution in [-0.4, -0.2) is 16.5 Å². The van der Waals surface area contributed by atoms with E-state index in [4.69, 9.17) is 0 Å². The molecule has 2 rings (SSSR count). The van der Waals surface area contributed by atoms with E-state index in [0.717, 1.165) is 21.8 Å². The van der Waals surface area contributed by atoms with Gasteiger partial charge in [0.05, 0.1) is 11.7 Å². The first kappa shape index (κ1) is 8.50. The number of nitrogens with one attached hydrogen (secondary N) is 2. The molecule has 0 bridgehead atoms. The number of imidazole rings is 1. The van der Waals surface area contributed by atoms with Crippen molar-refractivity contribution in [2.24, 2.45) is 0 Å². The van der Waals surface area contributed by atoms with Gasteiger partial charge in [0.1, 0.15) is 9.53 Å². The Bertz CT molecular complexity index is 256.